The van der Waals surface area contributed by atoms with Crippen LogP contribution in [0.1, 0.15) is 59.3 Å². The molecule has 0 spiro atoms. The summed E-state index contributed by atoms with van der Waals surface area (Å²) in [4.78, 5) is 17.2. The molecule has 3 aliphatic rings. The van der Waals surface area contributed by atoms with Gasteiger partial charge >= 0.3 is 6.18 Å². The van der Waals surface area contributed by atoms with Crippen molar-refractivity contribution in [2.45, 2.75) is 95.6 Å². The summed E-state index contributed by atoms with van der Waals surface area (Å²) in [6.07, 6.45) is -7.72. The molecule has 6 nitrogen and oxygen atoms in total. The largest absolute Gasteiger partial charge is 0.391 e. The molecule has 1 saturated heterocycles. The molecule has 0 bridgehead atoms. The predicted molar refractivity (Wildman–Crippen MR) is 106 cm³/mol. The molecule has 4 N–H and O–H groups in total. The Morgan fingerprint density at radius 3 is 2.29 bits per heavy atom. The van der Waals surface area contributed by atoms with E-state index in [9.17, 15) is 26.7 Å². The Morgan fingerprint density at radius 1 is 0.968 bits per heavy atom. The highest BCUT2D eigenvalue weighted by Gasteiger charge is 2.49. The zero-order valence-corrected chi connectivity index (χ0v) is 18.0. The van der Waals surface area contributed by atoms with Gasteiger partial charge in [0.1, 0.15) is 18.5 Å². The Morgan fingerprint density at radius 2 is 1.68 bits per heavy atom. The molecule has 11 heteroatoms. The number of alkyl halides is 5. The van der Waals surface area contributed by atoms with Gasteiger partial charge in [-0.1, -0.05) is 0 Å². The highest BCUT2D eigenvalue weighted by atomic mass is 19.4. The number of rotatable bonds is 2. The first-order chi connectivity index (χ1) is 14.3. The van der Waals surface area contributed by atoms with Crippen LogP contribution in [-0.2, 0) is 4.79 Å². The first kappa shape index (κ1) is 24.2. The smallest absolute Gasteiger partial charge is 0.351 e. The maximum Gasteiger partial charge on any atom is 0.391 e. The molecule has 178 valence electrons. The highest BCUT2D eigenvalue weighted by molar-refractivity contribution is 5.98. The number of carbonyl (C=O) groups excluding carboxylic acids is 1. The maximum absolute atomic E-state index is 13.7. The van der Waals surface area contributed by atoms with E-state index in [1.165, 1.54) is 0 Å². The Labute approximate surface area is 179 Å². The van der Waals surface area contributed by atoms with Crippen LogP contribution < -0.4 is 21.5 Å². The van der Waals surface area contributed by atoms with Crippen LogP contribution in [0.3, 0.4) is 0 Å². The summed E-state index contributed by atoms with van der Waals surface area (Å²) < 4.78 is 66.9. The van der Waals surface area contributed by atoms with Crippen molar-refractivity contribution in [3.8, 4) is 0 Å². The van der Waals surface area contributed by atoms with Crippen LogP contribution in [0.5, 0.6) is 0 Å². The fourth-order valence-electron chi connectivity index (χ4n) is 4.58. The van der Waals surface area contributed by atoms with Crippen molar-refractivity contribution in [2.24, 2.45) is 22.7 Å². The maximum atomic E-state index is 13.7. The summed E-state index contributed by atoms with van der Waals surface area (Å²) in [7, 11) is 0. The number of guanidine groups is 1. The number of hydrogen-bond acceptors (Lipinski definition) is 4. The third-order valence-corrected chi connectivity index (χ3v) is 6.25. The molecule has 7 atom stereocenters. The minimum atomic E-state index is -4.25. The van der Waals surface area contributed by atoms with Crippen molar-refractivity contribution in [1.29, 1.82) is 0 Å². The molecule has 1 aliphatic heterocycles. The molecule has 1 heterocycles. The van der Waals surface area contributed by atoms with Crippen LogP contribution >= 0.6 is 0 Å². The van der Waals surface area contributed by atoms with Crippen molar-refractivity contribution in [3.05, 3.63) is 0 Å². The average molecular weight is 454 g/mol. The van der Waals surface area contributed by atoms with Crippen LogP contribution in [0.2, 0.25) is 0 Å². The molecule has 0 aromatic rings. The van der Waals surface area contributed by atoms with E-state index in [0.29, 0.717) is 6.42 Å². The van der Waals surface area contributed by atoms with Gasteiger partial charge in [-0.05, 0) is 59.3 Å². The van der Waals surface area contributed by atoms with Crippen molar-refractivity contribution >= 4 is 11.9 Å². The molecule has 0 aromatic heterocycles. The molecule has 0 aromatic carbocycles. The van der Waals surface area contributed by atoms with Crippen LogP contribution in [-0.4, -0.2) is 48.1 Å². The molecule has 7 unspecified atom stereocenters. The van der Waals surface area contributed by atoms with Crippen LogP contribution in [0.15, 0.2) is 4.99 Å². The van der Waals surface area contributed by atoms with Gasteiger partial charge < -0.3 is 5.32 Å². The van der Waals surface area contributed by atoms with Gasteiger partial charge in [-0.3, -0.25) is 15.5 Å². The van der Waals surface area contributed by atoms with E-state index < -0.39 is 48.0 Å². The molecule has 31 heavy (non-hydrogen) atoms. The van der Waals surface area contributed by atoms with Crippen LogP contribution in [0.25, 0.3) is 0 Å². The van der Waals surface area contributed by atoms with Crippen molar-refractivity contribution in [1.82, 2.24) is 21.5 Å². The fraction of sp³-hybridized carbons (Fsp3) is 0.900. The lowest BCUT2D eigenvalue weighted by atomic mass is 9.77. The van der Waals surface area contributed by atoms with E-state index in [0.717, 1.165) is 0 Å². The number of fused-ring (bicyclic) bond motifs is 1. The minimum absolute atomic E-state index is 0.0187. The summed E-state index contributed by atoms with van der Waals surface area (Å²) in [5.74, 6) is -2.79. The molecular formula is C20H32F5N5O. The van der Waals surface area contributed by atoms with Crippen LogP contribution in [0.4, 0.5) is 22.0 Å². The molecule has 0 radical (unpaired) electrons. The Hall–Kier alpha value is -1.49. The monoisotopic (exact) mass is 453 g/mol. The zero-order valence-electron chi connectivity index (χ0n) is 18.0. The normalized spacial score (nSPS) is 37.3. The first-order valence-electron chi connectivity index (χ1n) is 10.9. The molecule has 1 amide bonds. The van der Waals surface area contributed by atoms with E-state index in [2.05, 4.69) is 26.5 Å². The minimum Gasteiger partial charge on any atom is -0.351 e. The SMILES string of the molecule is CC(C)(C)N/C(=N\C1NNC2CCC(C(F)(F)F)CC21)NC(=O)C1CCC(F)C(F)C1. The summed E-state index contributed by atoms with van der Waals surface area (Å²) in [6.45, 7) is 5.55. The van der Waals surface area contributed by atoms with Crippen molar-refractivity contribution in [3.63, 3.8) is 0 Å². The van der Waals surface area contributed by atoms with E-state index in [4.69, 9.17) is 0 Å². The highest BCUT2D eigenvalue weighted by Crippen LogP contribution is 2.42. The lowest BCUT2D eigenvalue weighted by molar-refractivity contribution is -0.186. The third kappa shape index (κ3) is 6.27. The summed E-state index contributed by atoms with van der Waals surface area (Å²) in [6, 6.07) is -0.133. The molecule has 3 rings (SSSR count). The van der Waals surface area contributed by atoms with Gasteiger partial charge in [-0.2, -0.15) is 13.2 Å². The summed E-state index contributed by atoms with van der Waals surface area (Å²) in [5.41, 5.74) is 5.48. The number of hydrazine groups is 1. The first-order valence-corrected chi connectivity index (χ1v) is 10.9. The van der Waals surface area contributed by atoms with Gasteiger partial charge in [-0.15, -0.1) is 0 Å². The predicted octanol–water partition coefficient (Wildman–Crippen LogP) is 3.10. The van der Waals surface area contributed by atoms with Gasteiger partial charge in [0, 0.05) is 23.4 Å². The van der Waals surface area contributed by atoms with Gasteiger partial charge in [0.25, 0.3) is 0 Å². The number of halogens is 5. The number of nitrogens with one attached hydrogen (secondary N) is 4. The standard InChI is InChI=1S/C20H32F5N5O/c1-19(2,3)28-18(27-17(31)10-4-6-13(21)14(22)8-10)26-16-12-9-11(20(23,24)25)5-7-15(12)29-30-16/h10-16,29-30H,4-9H2,1-3H3,(H2,26,27,28,31). The molecule has 2 aliphatic carbocycles. The second-order valence-corrected chi connectivity index (χ2v) is 9.94. The Balaban J connectivity index is 1.73. The van der Waals surface area contributed by atoms with E-state index in [1.807, 2.05) is 20.8 Å². The van der Waals surface area contributed by atoms with E-state index in [1.54, 1.807) is 0 Å². The second kappa shape index (κ2) is 9.17. The van der Waals surface area contributed by atoms with E-state index >= 15 is 0 Å². The van der Waals surface area contributed by atoms with Gasteiger partial charge in [0.2, 0.25) is 5.91 Å². The zero-order chi connectivity index (χ0) is 23.0. The number of hydrogen-bond donors (Lipinski definition) is 4. The number of aliphatic imine (C=N–C) groups is 1. The number of amides is 1. The fourth-order valence-corrected chi connectivity index (χ4v) is 4.58. The van der Waals surface area contributed by atoms with Crippen LogP contribution in [0, 0.1) is 17.8 Å². The van der Waals surface area contributed by atoms with Crippen molar-refractivity contribution in [2.75, 3.05) is 0 Å². The van der Waals surface area contributed by atoms with Gasteiger partial charge in [0.05, 0.1) is 5.92 Å². The summed E-state index contributed by atoms with van der Waals surface area (Å²) in [5, 5.41) is 5.73. The lowest BCUT2D eigenvalue weighted by Crippen LogP contribution is -2.52. The van der Waals surface area contributed by atoms with Gasteiger partial charge in [0.15, 0.2) is 5.96 Å². The van der Waals surface area contributed by atoms with Gasteiger partial charge in [-0.25, -0.2) is 19.2 Å². The van der Waals surface area contributed by atoms with E-state index in [-0.39, 0.29) is 50.0 Å². The van der Waals surface area contributed by atoms with Crippen molar-refractivity contribution < 1.29 is 26.7 Å². The third-order valence-electron chi connectivity index (χ3n) is 6.25. The summed E-state index contributed by atoms with van der Waals surface area (Å²) >= 11 is 0. The Kier molecular flexibility index (Phi) is 7.15. The second-order valence-electron chi connectivity index (χ2n) is 9.94. The molecule has 2 saturated carbocycles. The molecular weight excluding hydrogens is 421 g/mol. The number of carbonyl (C=O) groups is 1. The topological polar surface area (TPSA) is 77.6 Å². The lowest BCUT2D eigenvalue weighted by Gasteiger charge is -2.33. The quantitative estimate of drug-likeness (QED) is 0.294. The Bertz CT molecular complexity index is 680. The molecule has 3 fully saturated rings. The number of nitrogens with zero attached hydrogens (tertiary/aromatic N) is 1. The average Bonchev–Trinajstić information content (AvgIpc) is 3.04.